The second kappa shape index (κ2) is 72.1. The molecule has 0 heterocycles. The van der Waals surface area contributed by atoms with E-state index in [2.05, 4.69) is 70.6 Å². The molecule has 0 bridgehead atoms. The van der Waals surface area contributed by atoms with Crippen LogP contribution in [-0.4, -0.2) is 140 Å². The predicted octanol–water partition coefficient (Wildman–Crippen LogP) is 11.2. The van der Waals surface area contributed by atoms with E-state index in [1.807, 2.05) is 87.4 Å². The molecule has 0 spiro atoms. The average molecular weight is 1080 g/mol. The highest BCUT2D eigenvalue weighted by Gasteiger charge is 2.11. The summed E-state index contributed by atoms with van der Waals surface area (Å²) < 4.78 is 0. The zero-order chi connectivity index (χ0) is 58.3. The van der Waals surface area contributed by atoms with Gasteiger partial charge in [0.25, 0.3) is 0 Å². The van der Waals surface area contributed by atoms with Crippen molar-refractivity contribution in [3.63, 3.8) is 0 Å². The van der Waals surface area contributed by atoms with Crippen LogP contribution in [0, 0.1) is 0 Å². The van der Waals surface area contributed by atoms with E-state index in [1.165, 1.54) is 18.4 Å². The summed E-state index contributed by atoms with van der Waals surface area (Å²) in [5.41, 5.74) is 10.4. The Morgan fingerprint density at radius 1 is 0.375 bits per heavy atom. The molecule has 2 unspecified atom stereocenters. The Morgan fingerprint density at radius 3 is 0.764 bits per heavy atom. The van der Waals surface area contributed by atoms with Crippen LogP contribution in [0.1, 0.15) is 213 Å². The molecular weight excluding hydrogens is 973 g/mol. The maximum atomic E-state index is 8.77. The summed E-state index contributed by atoms with van der Waals surface area (Å²) in [5.74, 6) is 0. The molecule has 0 aliphatic carbocycles. The van der Waals surface area contributed by atoms with Gasteiger partial charge in [-0.15, -0.1) is 0 Å². The molecule has 20 nitrogen and oxygen atoms in total. The smallest absolute Gasteiger partial charge is 0.0605 e. The fraction of sp³-hybridized carbons (Fsp3) is 0.673. The van der Waals surface area contributed by atoms with E-state index in [4.69, 9.17) is 52.1 Å². The summed E-state index contributed by atoms with van der Waals surface area (Å²) in [6, 6.07) is 11.2. The summed E-state index contributed by atoms with van der Waals surface area (Å²) in [5, 5.41) is 111. The Balaban J connectivity index is -0.0000000889. The van der Waals surface area contributed by atoms with Crippen molar-refractivity contribution in [3.05, 3.63) is 35.9 Å². The molecule has 10 N–H and O–H groups in total. The van der Waals surface area contributed by atoms with Crippen molar-refractivity contribution in [3.8, 4) is 0 Å². The van der Waals surface area contributed by atoms with Crippen LogP contribution in [0.25, 0.3) is 0 Å². The van der Waals surface area contributed by atoms with E-state index in [-0.39, 0.29) is 0 Å². The van der Waals surface area contributed by atoms with Crippen molar-refractivity contribution < 1.29 is 52.1 Å². The van der Waals surface area contributed by atoms with Gasteiger partial charge in [-0.25, -0.2) is 0 Å². The zero-order valence-corrected chi connectivity index (χ0v) is 54.7. The fourth-order valence-corrected chi connectivity index (χ4v) is 6.05. The minimum atomic E-state index is 0.344. The number of oxime groups is 10. The lowest BCUT2D eigenvalue weighted by atomic mass is 10.1. The quantitative estimate of drug-likeness (QED) is 0.0323. The van der Waals surface area contributed by atoms with E-state index >= 15 is 0 Å². The van der Waals surface area contributed by atoms with E-state index < -0.39 is 0 Å². The van der Waals surface area contributed by atoms with Gasteiger partial charge in [-0.2, -0.15) is 0 Å². The summed E-state index contributed by atoms with van der Waals surface area (Å²) in [7, 11) is 3.20. The highest BCUT2D eigenvalue weighted by Crippen LogP contribution is 2.15. The first-order valence-corrected chi connectivity index (χ1v) is 28.7. The molecular formula is C49H106N10O10Si3. The molecule has 0 radical (unpaired) electrons. The normalized spacial score (nSPS) is 13.0. The Bertz CT molecular complexity index is 1450. The van der Waals surface area contributed by atoms with Gasteiger partial charge in [0, 0.05) is 36.3 Å². The molecule has 23 heteroatoms. The van der Waals surface area contributed by atoms with Crippen molar-refractivity contribution in [2.75, 3.05) is 0 Å². The third-order valence-corrected chi connectivity index (χ3v) is 13.2. The number of benzene rings is 1. The molecule has 0 saturated heterocycles. The highest BCUT2D eigenvalue weighted by molar-refractivity contribution is 6.26. The number of hydrogen-bond acceptors (Lipinski definition) is 20. The van der Waals surface area contributed by atoms with Gasteiger partial charge in [0.2, 0.25) is 0 Å². The van der Waals surface area contributed by atoms with Gasteiger partial charge in [-0.3, -0.25) is 0 Å². The monoisotopic (exact) mass is 1080 g/mol. The average Bonchev–Trinajstić information content (AvgIpc) is 3.44. The Kier molecular flexibility index (Phi) is 86.5. The Hall–Kier alpha value is -5.43. The van der Waals surface area contributed by atoms with Crippen molar-refractivity contribution in [1.82, 2.24) is 0 Å². The van der Waals surface area contributed by atoms with Crippen molar-refractivity contribution >= 4 is 87.8 Å². The molecule has 0 aliphatic heterocycles. The molecule has 1 aromatic rings. The van der Waals surface area contributed by atoms with Crippen LogP contribution in [0.4, 0.5) is 0 Å². The van der Waals surface area contributed by atoms with Crippen molar-refractivity contribution in [2.24, 2.45) is 51.6 Å². The summed E-state index contributed by atoms with van der Waals surface area (Å²) in [4.78, 5) is 0. The van der Waals surface area contributed by atoms with Gasteiger partial charge in [-0.05, 0) is 136 Å². The third-order valence-electron chi connectivity index (χ3n) is 9.81. The number of nitrogens with zero attached hydrogens (tertiary/aromatic N) is 10. The topological polar surface area (TPSA) is 326 Å². The van der Waals surface area contributed by atoms with Gasteiger partial charge in [-0.1, -0.05) is 164 Å². The van der Waals surface area contributed by atoms with Crippen LogP contribution in [-0.2, 0) is 0 Å². The van der Waals surface area contributed by atoms with Crippen LogP contribution in [0.3, 0.4) is 0 Å². The van der Waals surface area contributed by atoms with E-state index in [0.29, 0.717) is 11.1 Å². The number of rotatable bonds is 16. The first-order valence-electron chi connectivity index (χ1n) is 25.0. The van der Waals surface area contributed by atoms with Gasteiger partial charge in [0.1, 0.15) is 0 Å². The highest BCUT2D eigenvalue weighted by atomic mass is 28.2. The second-order valence-corrected chi connectivity index (χ2v) is 18.7. The summed E-state index contributed by atoms with van der Waals surface area (Å²) in [6.07, 6.45) is 10.8. The van der Waals surface area contributed by atoms with Crippen LogP contribution in [0.15, 0.2) is 81.9 Å². The van der Waals surface area contributed by atoms with Gasteiger partial charge in [0.05, 0.1) is 57.1 Å². The minimum Gasteiger partial charge on any atom is -0.411 e. The molecule has 0 amide bonds. The van der Waals surface area contributed by atoms with Crippen molar-refractivity contribution in [2.45, 2.75) is 219 Å². The molecule has 424 valence electrons. The fourth-order valence-electron chi connectivity index (χ4n) is 3.40. The third kappa shape index (κ3) is 73.5. The molecule has 2 atom stereocenters. The first kappa shape index (κ1) is 86.4. The largest absolute Gasteiger partial charge is 0.411 e. The predicted molar refractivity (Wildman–Crippen MR) is 317 cm³/mol. The minimum absolute atomic E-state index is 0.344. The summed E-state index contributed by atoms with van der Waals surface area (Å²) >= 11 is 0. The number of hydrogen-bond donors (Lipinski definition) is 10. The lowest BCUT2D eigenvalue weighted by molar-refractivity contribution is 0.316. The van der Waals surface area contributed by atoms with Crippen LogP contribution in [0.2, 0.25) is 11.6 Å². The van der Waals surface area contributed by atoms with E-state index in [9.17, 15) is 0 Å². The Morgan fingerprint density at radius 2 is 0.639 bits per heavy atom. The Labute approximate surface area is 444 Å². The standard InChI is InChI=1S/C10H15NOSi.C7H17NOSi.C4H11NOSi.7C4H9NO/c1-2-9(11-12)10(13)8-6-4-3-5-7-8;1-3-5-7(10)6(4-2)8-9;1-2-4(3-7)5-6;7*1-3-4(2)5-6/h3-7,10,12H,2H2,1,13H3;7,9H,3-5H2,1-2,10H3;6H,2-3H2,1,7H3;7*6H,3H2,1-2H3. The van der Waals surface area contributed by atoms with Crippen LogP contribution >= 0.6 is 0 Å². The molecule has 0 fully saturated rings. The molecule has 1 aromatic carbocycles. The molecule has 0 aliphatic rings. The van der Waals surface area contributed by atoms with E-state index in [1.54, 1.807) is 48.5 Å². The molecule has 1 rings (SSSR count). The van der Waals surface area contributed by atoms with Gasteiger partial charge >= 0.3 is 0 Å². The van der Waals surface area contributed by atoms with Gasteiger partial charge in [0.15, 0.2) is 0 Å². The lowest BCUT2D eigenvalue weighted by Crippen LogP contribution is -2.11. The van der Waals surface area contributed by atoms with Crippen LogP contribution in [0.5, 0.6) is 0 Å². The van der Waals surface area contributed by atoms with Crippen LogP contribution < -0.4 is 0 Å². The van der Waals surface area contributed by atoms with Crippen molar-refractivity contribution in [1.29, 1.82) is 0 Å². The maximum Gasteiger partial charge on any atom is 0.0605 e. The van der Waals surface area contributed by atoms with E-state index in [0.717, 1.165) is 158 Å². The summed E-state index contributed by atoms with van der Waals surface area (Å²) in [6.45, 7) is 34.2. The molecule has 0 saturated carbocycles. The second-order valence-electron chi connectivity index (χ2n) is 15.4. The first-order chi connectivity index (χ1) is 34.1. The van der Waals surface area contributed by atoms with Gasteiger partial charge < -0.3 is 52.1 Å². The zero-order valence-electron chi connectivity index (χ0n) is 48.7. The molecule has 72 heavy (non-hydrogen) atoms. The lowest BCUT2D eigenvalue weighted by Gasteiger charge is -2.11. The SMILES string of the molecule is CCC(=NO)C([SiH3])c1ccccc1.CCC(C)=NO.CCC(C)=NO.CCC(C)=NO.CCC(C)=NO.CCC(C)=NO.CCC(C)=NO.CCC(C)=NO.CCC(C[SiH3])=NO.CCCC([SiH3])C(CC)=NO. The maximum absolute atomic E-state index is 8.77. The molecule has 0 aromatic heterocycles.